The van der Waals surface area contributed by atoms with Crippen LogP contribution in [-0.2, 0) is 9.59 Å². The van der Waals surface area contributed by atoms with E-state index in [1.807, 2.05) is 13.0 Å². The lowest BCUT2D eigenvalue weighted by molar-refractivity contribution is -0.137. The molecular formula is C17H25N3O3. The highest BCUT2D eigenvalue weighted by molar-refractivity contribution is 6.11. The summed E-state index contributed by atoms with van der Waals surface area (Å²) in [5, 5.41) is 3.07. The van der Waals surface area contributed by atoms with Gasteiger partial charge in [-0.15, -0.1) is 0 Å². The first-order chi connectivity index (χ1) is 11.0. The summed E-state index contributed by atoms with van der Waals surface area (Å²) in [6.07, 6.45) is 7.17. The molecule has 2 aliphatic heterocycles. The van der Waals surface area contributed by atoms with Crippen molar-refractivity contribution in [1.29, 1.82) is 0 Å². The lowest BCUT2D eigenvalue weighted by atomic mass is 9.75. The monoisotopic (exact) mass is 319 g/mol. The van der Waals surface area contributed by atoms with Crippen LogP contribution >= 0.6 is 0 Å². The third kappa shape index (κ3) is 2.59. The van der Waals surface area contributed by atoms with E-state index in [0.717, 1.165) is 30.6 Å². The number of nitrogens with one attached hydrogen (secondary N) is 1. The number of ketones is 1. The van der Waals surface area contributed by atoms with Crippen molar-refractivity contribution in [2.75, 3.05) is 26.7 Å². The molecule has 1 saturated heterocycles. The zero-order chi connectivity index (χ0) is 16.6. The molecule has 1 saturated carbocycles. The van der Waals surface area contributed by atoms with Gasteiger partial charge < -0.3 is 10.2 Å². The van der Waals surface area contributed by atoms with Crippen LogP contribution in [0.3, 0.4) is 0 Å². The number of nitrogens with zero attached hydrogens (tertiary/aromatic N) is 2. The Bertz CT molecular complexity index is 565. The fourth-order valence-electron chi connectivity index (χ4n) is 4.07. The van der Waals surface area contributed by atoms with E-state index in [1.165, 1.54) is 6.42 Å². The van der Waals surface area contributed by atoms with Gasteiger partial charge >= 0.3 is 6.03 Å². The van der Waals surface area contributed by atoms with Crippen molar-refractivity contribution in [3.8, 4) is 0 Å². The minimum Gasteiger partial charge on any atom is -0.313 e. The van der Waals surface area contributed by atoms with Crippen molar-refractivity contribution in [1.82, 2.24) is 15.1 Å². The van der Waals surface area contributed by atoms with Gasteiger partial charge in [0, 0.05) is 25.7 Å². The molecule has 0 aromatic heterocycles. The molecule has 2 heterocycles. The van der Waals surface area contributed by atoms with Crippen LogP contribution in [-0.4, -0.2) is 59.7 Å². The van der Waals surface area contributed by atoms with Crippen molar-refractivity contribution >= 4 is 17.7 Å². The van der Waals surface area contributed by atoms with Gasteiger partial charge in [-0.3, -0.25) is 14.5 Å². The second-order valence-corrected chi connectivity index (χ2v) is 7.00. The molecule has 0 aromatic carbocycles. The van der Waals surface area contributed by atoms with E-state index in [0.29, 0.717) is 18.7 Å². The average molecular weight is 319 g/mol. The molecule has 0 aromatic rings. The molecule has 0 bridgehead atoms. The summed E-state index contributed by atoms with van der Waals surface area (Å²) < 4.78 is 0. The zero-order valence-corrected chi connectivity index (χ0v) is 13.9. The predicted molar refractivity (Wildman–Crippen MR) is 85.8 cm³/mol. The van der Waals surface area contributed by atoms with E-state index in [-0.39, 0.29) is 30.2 Å². The maximum atomic E-state index is 13.0. The van der Waals surface area contributed by atoms with Gasteiger partial charge in [-0.05, 0) is 25.7 Å². The van der Waals surface area contributed by atoms with Gasteiger partial charge in [0.25, 0.3) is 5.91 Å². The van der Waals surface area contributed by atoms with Gasteiger partial charge in [-0.25, -0.2) is 4.79 Å². The lowest BCUT2D eigenvalue weighted by Crippen LogP contribution is -2.52. The Balaban J connectivity index is 1.78. The molecule has 2 fully saturated rings. The van der Waals surface area contributed by atoms with Crippen molar-refractivity contribution in [2.45, 2.75) is 44.6 Å². The van der Waals surface area contributed by atoms with E-state index < -0.39 is 5.54 Å². The number of likely N-dealkylation sites (N-methyl/N-ethyl adjacent to an activating group) is 1. The van der Waals surface area contributed by atoms with Crippen molar-refractivity contribution < 1.29 is 14.4 Å². The average Bonchev–Trinajstić information content (AvgIpc) is 3.16. The van der Waals surface area contributed by atoms with E-state index in [2.05, 4.69) is 5.32 Å². The molecule has 3 rings (SSSR count). The molecule has 23 heavy (non-hydrogen) atoms. The SMILES string of the molecule is CN1C(=O)N(CC(=O)C2=CCNC2)C(=O)C1(C)C1CCCCC1. The summed E-state index contributed by atoms with van der Waals surface area (Å²) in [4.78, 5) is 40.6. The predicted octanol–water partition coefficient (Wildman–Crippen LogP) is 1.32. The van der Waals surface area contributed by atoms with Crippen LogP contribution in [0, 0.1) is 5.92 Å². The van der Waals surface area contributed by atoms with Crippen LogP contribution < -0.4 is 5.32 Å². The number of rotatable bonds is 4. The highest BCUT2D eigenvalue weighted by Crippen LogP contribution is 2.40. The fourth-order valence-corrected chi connectivity index (χ4v) is 4.07. The number of hydrogen-bond acceptors (Lipinski definition) is 4. The molecule has 6 heteroatoms. The fraction of sp³-hybridized carbons (Fsp3) is 0.706. The quantitative estimate of drug-likeness (QED) is 0.794. The Hall–Kier alpha value is -1.69. The topological polar surface area (TPSA) is 69.7 Å². The molecule has 1 N–H and O–H groups in total. The normalized spacial score (nSPS) is 29.4. The van der Waals surface area contributed by atoms with E-state index in [1.54, 1.807) is 11.9 Å². The molecule has 1 aliphatic carbocycles. The lowest BCUT2D eigenvalue weighted by Gasteiger charge is -2.38. The molecule has 6 nitrogen and oxygen atoms in total. The second-order valence-electron chi connectivity index (χ2n) is 7.00. The Morgan fingerprint density at radius 2 is 2.00 bits per heavy atom. The van der Waals surface area contributed by atoms with Crippen LogP contribution in [0.15, 0.2) is 11.6 Å². The van der Waals surface area contributed by atoms with Crippen LogP contribution in [0.25, 0.3) is 0 Å². The first-order valence-corrected chi connectivity index (χ1v) is 8.49. The molecule has 0 radical (unpaired) electrons. The molecule has 0 spiro atoms. The number of hydrogen-bond donors (Lipinski definition) is 1. The van der Waals surface area contributed by atoms with Crippen LogP contribution in [0.2, 0.25) is 0 Å². The molecular weight excluding hydrogens is 294 g/mol. The number of carbonyl (C=O) groups is 3. The maximum absolute atomic E-state index is 13.0. The van der Waals surface area contributed by atoms with Gasteiger partial charge in [0.1, 0.15) is 5.54 Å². The van der Waals surface area contributed by atoms with Crippen molar-refractivity contribution in [2.24, 2.45) is 5.92 Å². The number of Topliss-reactive ketones (excluding diaryl/α,β-unsaturated/α-hetero) is 1. The summed E-state index contributed by atoms with van der Waals surface area (Å²) in [6.45, 7) is 2.91. The van der Waals surface area contributed by atoms with Gasteiger partial charge in [-0.2, -0.15) is 0 Å². The third-order valence-electron chi connectivity index (χ3n) is 5.76. The highest BCUT2D eigenvalue weighted by atomic mass is 16.2. The Morgan fingerprint density at radius 1 is 1.30 bits per heavy atom. The zero-order valence-electron chi connectivity index (χ0n) is 13.9. The van der Waals surface area contributed by atoms with Crippen molar-refractivity contribution in [3.05, 3.63) is 11.6 Å². The van der Waals surface area contributed by atoms with E-state index >= 15 is 0 Å². The van der Waals surface area contributed by atoms with E-state index in [9.17, 15) is 14.4 Å². The summed E-state index contributed by atoms with van der Waals surface area (Å²) in [7, 11) is 1.69. The van der Waals surface area contributed by atoms with E-state index in [4.69, 9.17) is 0 Å². The second kappa shape index (κ2) is 6.07. The largest absolute Gasteiger partial charge is 0.327 e. The number of imide groups is 1. The summed E-state index contributed by atoms with van der Waals surface area (Å²) in [5.74, 6) is -0.167. The third-order valence-corrected chi connectivity index (χ3v) is 5.76. The maximum Gasteiger partial charge on any atom is 0.327 e. The summed E-state index contributed by atoms with van der Waals surface area (Å²) >= 11 is 0. The van der Waals surface area contributed by atoms with Gasteiger partial charge in [0.15, 0.2) is 5.78 Å². The first kappa shape index (κ1) is 16.2. The van der Waals surface area contributed by atoms with Crippen LogP contribution in [0.5, 0.6) is 0 Å². The Kier molecular flexibility index (Phi) is 4.27. The molecule has 1 unspecified atom stereocenters. The summed E-state index contributed by atoms with van der Waals surface area (Å²) in [6, 6.07) is -0.344. The van der Waals surface area contributed by atoms with Crippen LogP contribution in [0.4, 0.5) is 4.79 Å². The Labute approximate surface area is 136 Å². The van der Waals surface area contributed by atoms with Gasteiger partial charge in [-0.1, -0.05) is 25.3 Å². The first-order valence-electron chi connectivity index (χ1n) is 8.49. The van der Waals surface area contributed by atoms with Gasteiger partial charge in [0.05, 0.1) is 6.54 Å². The number of urea groups is 1. The standard InChI is InChI=1S/C17H25N3O3/c1-17(13-6-4-3-5-7-13)15(22)20(16(23)19(17)2)11-14(21)12-8-9-18-10-12/h8,13,18H,3-7,9-11H2,1-2H3. The molecule has 3 amide bonds. The molecule has 3 aliphatic rings. The minimum atomic E-state index is -0.805. The minimum absolute atomic E-state index is 0.141. The van der Waals surface area contributed by atoms with Crippen LogP contribution in [0.1, 0.15) is 39.0 Å². The summed E-state index contributed by atoms with van der Waals surface area (Å²) in [5.41, 5.74) is -0.139. The molecule has 126 valence electrons. The number of amides is 3. The molecule has 1 atom stereocenters. The highest BCUT2D eigenvalue weighted by Gasteiger charge is 2.56. The smallest absolute Gasteiger partial charge is 0.313 e. The Morgan fingerprint density at radius 3 is 2.61 bits per heavy atom. The number of carbonyl (C=O) groups excluding carboxylic acids is 3. The van der Waals surface area contributed by atoms with Crippen molar-refractivity contribution in [3.63, 3.8) is 0 Å². The van der Waals surface area contributed by atoms with Gasteiger partial charge in [0.2, 0.25) is 0 Å².